The van der Waals surface area contributed by atoms with E-state index in [1.165, 1.54) is 0 Å². The van der Waals surface area contributed by atoms with Crippen LogP contribution < -0.4 is 0 Å². The van der Waals surface area contributed by atoms with Gasteiger partial charge in [0.15, 0.2) is 0 Å². The molecule has 0 amide bonds. The van der Waals surface area contributed by atoms with Gasteiger partial charge in [0.1, 0.15) is 0 Å². The van der Waals surface area contributed by atoms with Crippen LogP contribution in [-0.4, -0.2) is 20.0 Å². The van der Waals surface area contributed by atoms with E-state index in [9.17, 15) is 4.57 Å². The SMILES string of the molecule is O=P(O)(O)[C](O)O. The van der Waals surface area contributed by atoms with E-state index in [2.05, 4.69) is 0 Å². The van der Waals surface area contributed by atoms with E-state index in [4.69, 9.17) is 20.0 Å². The molecule has 0 aromatic rings. The summed E-state index contributed by atoms with van der Waals surface area (Å²) in [5, 5.41) is 15.2. The van der Waals surface area contributed by atoms with Gasteiger partial charge in [-0.05, 0) is 0 Å². The van der Waals surface area contributed by atoms with Crippen molar-refractivity contribution in [1.29, 1.82) is 0 Å². The summed E-state index contributed by atoms with van der Waals surface area (Å²) < 4.78 is 9.49. The van der Waals surface area contributed by atoms with Crippen LogP contribution in [0.5, 0.6) is 0 Å². The molecule has 1 radical (unpaired) electrons. The largest absolute Gasteiger partial charge is 0.391 e. The molecule has 5 nitrogen and oxygen atoms in total. The lowest BCUT2D eigenvalue weighted by atomic mass is 11.5. The summed E-state index contributed by atoms with van der Waals surface area (Å²) in [7, 11) is -4.71. The van der Waals surface area contributed by atoms with Crippen LogP contribution in [0.25, 0.3) is 0 Å². The van der Waals surface area contributed by atoms with Gasteiger partial charge in [-0.3, -0.25) is 4.57 Å². The highest BCUT2D eigenvalue weighted by molar-refractivity contribution is 7.54. The molecule has 0 fully saturated rings. The molecule has 0 unspecified atom stereocenters. The third kappa shape index (κ3) is 2.73. The molecule has 0 aliphatic heterocycles. The lowest BCUT2D eigenvalue weighted by Gasteiger charge is -1.99. The highest BCUT2D eigenvalue weighted by Gasteiger charge is 2.25. The van der Waals surface area contributed by atoms with Gasteiger partial charge >= 0.3 is 13.6 Å². The van der Waals surface area contributed by atoms with Crippen LogP contribution in [0.15, 0.2) is 0 Å². The fraction of sp³-hybridized carbons (Fsp3) is 0. The van der Waals surface area contributed by atoms with Crippen molar-refractivity contribution in [3.05, 3.63) is 6.03 Å². The van der Waals surface area contributed by atoms with Gasteiger partial charge in [0, 0.05) is 0 Å². The topological polar surface area (TPSA) is 98.0 Å². The fourth-order valence-electron chi connectivity index (χ4n) is 0. The monoisotopic (exact) mass is 127 g/mol. The first kappa shape index (κ1) is 7.07. The maximum Gasteiger partial charge on any atom is 0.391 e. The van der Waals surface area contributed by atoms with Crippen molar-refractivity contribution in [2.24, 2.45) is 0 Å². The average molecular weight is 127 g/mol. The molecule has 0 rings (SSSR count). The van der Waals surface area contributed by atoms with Crippen LogP contribution in [0, 0.1) is 6.03 Å². The zero-order chi connectivity index (χ0) is 6.08. The van der Waals surface area contributed by atoms with Crippen molar-refractivity contribution >= 4 is 7.60 Å². The van der Waals surface area contributed by atoms with Gasteiger partial charge < -0.3 is 20.0 Å². The highest BCUT2D eigenvalue weighted by Crippen LogP contribution is 2.42. The second-order valence-electron chi connectivity index (χ2n) is 0.844. The van der Waals surface area contributed by atoms with Gasteiger partial charge in [-0.2, -0.15) is 0 Å². The average Bonchev–Trinajstić information content (AvgIpc) is 1.31. The summed E-state index contributed by atoms with van der Waals surface area (Å²) >= 11 is 0. The Morgan fingerprint density at radius 3 is 1.43 bits per heavy atom. The zero-order valence-corrected chi connectivity index (χ0v) is 4.04. The third-order valence-corrected chi connectivity index (χ3v) is 0.782. The number of aliphatic hydroxyl groups excluding tert-OH is 1. The van der Waals surface area contributed by atoms with Gasteiger partial charge in [0.25, 0.3) is 0 Å². The molecule has 7 heavy (non-hydrogen) atoms. The molecule has 0 aliphatic carbocycles. The summed E-state index contributed by atoms with van der Waals surface area (Å²) in [6, 6.07) is -1.84. The number of aliphatic hydroxyl groups is 2. The molecule has 43 valence electrons. The molecule has 0 aliphatic rings. The first-order valence-corrected chi connectivity index (χ1v) is 2.87. The van der Waals surface area contributed by atoms with Crippen LogP contribution in [0.1, 0.15) is 0 Å². The molecule has 6 heteroatoms. The standard InChI is InChI=1S/CH4O5P/c2-1(3)7(4,5)6/h2-3H,(H2,4,5,6). The zero-order valence-electron chi connectivity index (χ0n) is 3.14. The maximum absolute atomic E-state index is 9.49. The summed E-state index contributed by atoms with van der Waals surface area (Å²) in [4.78, 5) is 15.3. The Hall–Kier alpha value is 0.0700. The lowest BCUT2D eigenvalue weighted by Crippen LogP contribution is -1.92. The highest BCUT2D eigenvalue weighted by atomic mass is 31.2. The first-order valence-electron chi connectivity index (χ1n) is 1.25. The first-order chi connectivity index (χ1) is 2.94. The number of hydrogen-bond acceptors (Lipinski definition) is 3. The minimum absolute atomic E-state index is 1.84. The van der Waals surface area contributed by atoms with Crippen LogP contribution in [0.2, 0.25) is 0 Å². The lowest BCUT2D eigenvalue weighted by molar-refractivity contribution is 0.113. The summed E-state index contributed by atoms with van der Waals surface area (Å²) in [6.07, 6.45) is 0. The molecule has 0 saturated heterocycles. The second kappa shape index (κ2) is 1.90. The van der Waals surface area contributed by atoms with E-state index in [-0.39, 0.29) is 0 Å². The molecule has 0 atom stereocenters. The van der Waals surface area contributed by atoms with E-state index in [0.717, 1.165) is 0 Å². The van der Waals surface area contributed by atoms with Gasteiger partial charge in [0.05, 0.1) is 0 Å². The Bertz CT molecular complexity index is 90.3. The minimum atomic E-state index is -4.71. The Morgan fingerprint density at radius 1 is 1.29 bits per heavy atom. The van der Waals surface area contributed by atoms with Crippen molar-refractivity contribution in [1.82, 2.24) is 0 Å². The fourth-order valence-corrected chi connectivity index (χ4v) is 0. The Kier molecular flexibility index (Phi) is 1.92. The normalized spacial score (nSPS) is 12.7. The molecular formula is CH4O5P. The quantitative estimate of drug-likeness (QED) is 0.351. The van der Waals surface area contributed by atoms with E-state index >= 15 is 0 Å². The molecule has 0 spiro atoms. The van der Waals surface area contributed by atoms with Crippen LogP contribution >= 0.6 is 7.60 Å². The molecule has 0 heterocycles. The Labute approximate surface area is 39.4 Å². The van der Waals surface area contributed by atoms with Gasteiger partial charge in [-0.25, -0.2) is 0 Å². The van der Waals surface area contributed by atoms with Gasteiger partial charge in [-0.1, -0.05) is 0 Å². The molecule has 4 N–H and O–H groups in total. The van der Waals surface area contributed by atoms with Crippen LogP contribution in [-0.2, 0) is 4.57 Å². The van der Waals surface area contributed by atoms with E-state index < -0.39 is 13.6 Å². The molecular weight excluding hydrogens is 123 g/mol. The van der Waals surface area contributed by atoms with Crippen molar-refractivity contribution in [3.8, 4) is 0 Å². The number of rotatable bonds is 1. The smallest absolute Gasteiger partial charge is 0.351 e. The molecule has 0 saturated carbocycles. The van der Waals surface area contributed by atoms with Crippen molar-refractivity contribution in [3.63, 3.8) is 0 Å². The van der Waals surface area contributed by atoms with Gasteiger partial charge in [-0.15, -0.1) is 0 Å². The Balaban J connectivity index is 3.80. The molecule has 0 aromatic carbocycles. The molecule has 0 aromatic heterocycles. The van der Waals surface area contributed by atoms with Crippen molar-refractivity contribution in [2.45, 2.75) is 0 Å². The van der Waals surface area contributed by atoms with Crippen molar-refractivity contribution in [2.75, 3.05) is 0 Å². The van der Waals surface area contributed by atoms with E-state index in [0.29, 0.717) is 0 Å². The van der Waals surface area contributed by atoms with Gasteiger partial charge in [0.2, 0.25) is 0 Å². The van der Waals surface area contributed by atoms with E-state index in [1.807, 2.05) is 0 Å². The Morgan fingerprint density at radius 2 is 1.43 bits per heavy atom. The second-order valence-corrected chi connectivity index (χ2v) is 2.33. The number of hydrogen-bond donors (Lipinski definition) is 4. The predicted octanol–water partition coefficient (Wildman–Crippen LogP) is -0.644. The van der Waals surface area contributed by atoms with Crippen molar-refractivity contribution < 1.29 is 24.6 Å². The molecule has 0 bridgehead atoms. The summed E-state index contributed by atoms with van der Waals surface area (Å²) in [5.41, 5.74) is 0. The predicted molar refractivity (Wildman–Crippen MR) is 19.2 cm³/mol. The summed E-state index contributed by atoms with van der Waals surface area (Å²) in [6.45, 7) is 0. The third-order valence-electron chi connectivity index (χ3n) is 0.261. The van der Waals surface area contributed by atoms with E-state index in [1.54, 1.807) is 0 Å². The summed E-state index contributed by atoms with van der Waals surface area (Å²) in [5.74, 6) is 0. The van der Waals surface area contributed by atoms with Crippen LogP contribution in [0.4, 0.5) is 0 Å². The minimum Gasteiger partial charge on any atom is -0.351 e. The van der Waals surface area contributed by atoms with Crippen LogP contribution in [0.3, 0.4) is 0 Å². The maximum atomic E-state index is 9.49.